The number of rotatable bonds is 7. The van der Waals surface area contributed by atoms with Gasteiger partial charge in [0.25, 0.3) is 0 Å². The summed E-state index contributed by atoms with van der Waals surface area (Å²) < 4.78 is 4.66. The van der Waals surface area contributed by atoms with Crippen molar-refractivity contribution in [2.24, 2.45) is 11.7 Å². The molecule has 5 N–H and O–H groups in total. The van der Waals surface area contributed by atoms with Crippen molar-refractivity contribution in [1.82, 2.24) is 10.6 Å². The van der Waals surface area contributed by atoms with E-state index in [1.54, 1.807) is 0 Å². The topological polar surface area (TPSA) is 121 Å². The molecule has 0 unspecified atom stereocenters. The van der Waals surface area contributed by atoms with Crippen molar-refractivity contribution >= 4 is 23.4 Å². The number of amides is 1. The smallest absolute Gasteiger partial charge is 0.306 e. The third-order valence-electron chi connectivity index (χ3n) is 5.62. The molecule has 0 bridgehead atoms. The van der Waals surface area contributed by atoms with Gasteiger partial charge in [0.1, 0.15) is 5.84 Å². The van der Waals surface area contributed by atoms with Crippen LogP contribution in [0.3, 0.4) is 0 Å². The van der Waals surface area contributed by atoms with E-state index >= 15 is 0 Å². The molecule has 2 aliphatic rings. The number of methoxy groups -OCH3 is 1. The Morgan fingerprint density at radius 2 is 2.00 bits per heavy atom. The zero-order chi connectivity index (χ0) is 20.1. The fourth-order valence-corrected chi connectivity index (χ4v) is 3.93. The maximum absolute atomic E-state index is 12.0. The van der Waals surface area contributed by atoms with Gasteiger partial charge < -0.3 is 26.0 Å². The van der Waals surface area contributed by atoms with Gasteiger partial charge >= 0.3 is 5.97 Å². The summed E-state index contributed by atoms with van der Waals surface area (Å²) in [4.78, 5) is 25.7. The zero-order valence-electron chi connectivity index (χ0n) is 16.2. The molecule has 1 aromatic carbocycles. The zero-order valence-corrected chi connectivity index (χ0v) is 16.2. The van der Waals surface area contributed by atoms with E-state index in [0.29, 0.717) is 12.5 Å². The molecule has 8 nitrogen and oxygen atoms in total. The van der Waals surface area contributed by atoms with Crippen LogP contribution in [0.2, 0.25) is 0 Å². The van der Waals surface area contributed by atoms with Crippen LogP contribution in [0.15, 0.2) is 24.3 Å². The van der Waals surface area contributed by atoms with Crippen molar-refractivity contribution in [3.05, 3.63) is 29.8 Å². The van der Waals surface area contributed by atoms with Gasteiger partial charge in [-0.25, -0.2) is 0 Å². The monoisotopic (exact) mass is 387 g/mol. The van der Waals surface area contributed by atoms with Gasteiger partial charge in [0.05, 0.1) is 19.4 Å². The van der Waals surface area contributed by atoms with E-state index in [0.717, 1.165) is 43.7 Å². The number of piperidine rings is 1. The van der Waals surface area contributed by atoms with Gasteiger partial charge in [-0.05, 0) is 43.5 Å². The van der Waals surface area contributed by atoms with Gasteiger partial charge in [0.2, 0.25) is 5.91 Å². The second-order valence-electron chi connectivity index (χ2n) is 7.55. The minimum Gasteiger partial charge on any atom is -0.469 e. The van der Waals surface area contributed by atoms with Crippen LogP contribution in [0.25, 0.3) is 0 Å². The van der Waals surface area contributed by atoms with Gasteiger partial charge in [-0.15, -0.1) is 0 Å². The van der Waals surface area contributed by atoms with Crippen LogP contribution < -0.4 is 21.3 Å². The van der Waals surface area contributed by atoms with E-state index in [1.165, 1.54) is 7.11 Å². The predicted octanol–water partition coefficient (Wildman–Crippen LogP) is 0.597. The molecule has 1 aromatic rings. The van der Waals surface area contributed by atoms with Crippen LogP contribution >= 0.6 is 0 Å². The number of nitrogens with one attached hydrogen (secondary N) is 3. The molecule has 2 saturated heterocycles. The summed E-state index contributed by atoms with van der Waals surface area (Å²) in [5.74, 6) is -0.583. The molecular formula is C20H29N5O3. The average Bonchev–Trinajstić information content (AvgIpc) is 3.06. The largest absolute Gasteiger partial charge is 0.469 e. The number of hydrogen-bond acceptors (Lipinski definition) is 6. The van der Waals surface area contributed by atoms with Crippen molar-refractivity contribution in [3.8, 4) is 0 Å². The second-order valence-corrected chi connectivity index (χ2v) is 7.55. The molecule has 2 atom stereocenters. The molecule has 2 heterocycles. The lowest BCUT2D eigenvalue weighted by atomic mass is 10.00. The lowest BCUT2D eigenvalue weighted by Gasteiger charge is -2.34. The molecule has 3 rings (SSSR count). The van der Waals surface area contributed by atoms with Gasteiger partial charge in [-0.1, -0.05) is 0 Å². The van der Waals surface area contributed by atoms with Crippen molar-refractivity contribution < 1.29 is 14.3 Å². The number of esters is 1. The summed E-state index contributed by atoms with van der Waals surface area (Å²) >= 11 is 0. The molecular weight excluding hydrogens is 358 g/mol. The van der Waals surface area contributed by atoms with Crippen LogP contribution in [0.1, 0.15) is 31.2 Å². The van der Waals surface area contributed by atoms with E-state index < -0.39 is 0 Å². The third kappa shape index (κ3) is 5.01. The fraction of sp³-hybridized carbons (Fsp3) is 0.550. The Kier molecular flexibility index (Phi) is 6.51. The first kappa shape index (κ1) is 20.1. The van der Waals surface area contributed by atoms with Crippen molar-refractivity contribution in [1.29, 1.82) is 5.41 Å². The standard InChI is InChI=1S/C20H29N5O3/c1-28-18(26)11-14-10-16(24-20(14)27)12-23-15-6-8-25(9-7-15)17-4-2-13(3-5-17)19(21)22/h2-5,14-16,23H,6-12H2,1H3,(H3,21,22)(H,24,27)/t14-,16-/m0/s1. The highest BCUT2D eigenvalue weighted by molar-refractivity contribution is 5.95. The molecule has 2 aliphatic heterocycles. The summed E-state index contributed by atoms with van der Waals surface area (Å²) in [6, 6.07) is 8.29. The number of hydrogen-bond donors (Lipinski definition) is 4. The Morgan fingerprint density at radius 1 is 1.32 bits per heavy atom. The number of benzene rings is 1. The number of amidine groups is 1. The van der Waals surface area contributed by atoms with E-state index in [4.69, 9.17) is 11.1 Å². The number of carbonyl (C=O) groups is 2. The van der Waals surface area contributed by atoms with Crippen LogP contribution in [-0.2, 0) is 14.3 Å². The molecule has 0 saturated carbocycles. The number of ether oxygens (including phenoxy) is 1. The summed E-state index contributed by atoms with van der Waals surface area (Å²) in [7, 11) is 1.35. The molecule has 0 radical (unpaired) electrons. The van der Waals surface area contributed by atoms with E-state index in [9.17, 15) is 9.59 Å². The SMILES string of the molecule is COC(=O)C[C@@H]1C[C@@H](CNC2CCN(c3ccc(C(=N)N)cc3)CC2)NC1=O. The summed E-state index contributed by atoms with van der Waals surface area (Å²) in [6.45, 7) is 2.64. The van der Waals surface area contributed by atoms with Gasteiger partial charge in [0.15, 0.2) is 0 Å². The molecule has 8 heteroatoms. The van der Waals surface area contributed by atoms with E-state index in [-0.39, 0.29) is 36.1 Å². The predicted molar refractivity (Wildman–Crippen MR) is 107 cm³/mol. The highest BCUT2D eigenvalue weighted by Gasteiger charge is 2.34. The summed E-state index contributed by atoms with van der Waals surface area (Å²) in [5, 5.41) is 14.0. The van der Waals surface area contributed by atoms with Gasteiger partial charge in [0, 0.05) is 43.0 Å². The number of carbonyl (C=O) groups excluding carboxylic acids is 2. The lowest BCUT2D eigenvalue weighted by molar-refractivity contribution is -0.143. The van der Waals surface area contributed by atoms with E-state index in [1.807, 2.05) is 24.3 Å². The molecule has 0 aromatic heterocycles. The second kappa shape index (κ2) is 9.05. The van der Waals surface area contributed by atoms with Crippen LogP contribution in [-0.4, -0.2) is 56.5 Å². The Balaban J connectivity index is 1.41. The van der Waals surface area contributed by atoms with Crippen molar-refractivity contribution in [2.45, 2.75) is 37.8 Å². The maximum Gasteiger partial charge on any atom is 0.306 e. The lowest BCUT2D eigenvalue weighted by Crippen LogP contribution is -2.46. The Bertz CT molecular complexity index is 713. The van der Waals surface area contributed by atoms with Crippen LogP contribution in [0.4, 0.5) is 5.69 Å². The van der Waals surface area contributed by atoms with E-state index in [2.05, 4.69) is 20.3 Å². The first-order valence-corrected chi connectivity index (χ1v) is 9.76. The number of nitrogen functional groups attached to an aromatic ring is 1. The van der Waals surface area contributed by atoms with Gasteiger partial charge in [-0.3, -0.25) is 15.0 Å². The summed E-state index contributed by atoms with van der Waals surface area (Å²) in [6.07, 6.45) is 2.88. The molecule has 28 heavy (non-hydrogen) atoms. The third-order valence-corrected chi connectivity index (χ3v) is 5.62. The minimum atomic E-state index is -0.336. The summed E-state index contributed by atoms with van der Waals surface area (Å²) in [5.41, 5.74) is 7.40. The average molecular weight is 387 g/mol. The molecule has 152 valence electrons. The first-order chi connectivity index (χ1) is 13.5. The fourth-order valence-electron chi connectivity index (χ4n) is 3.93. The Morgan fingerprint density at radius 3 is 2.61 bits per heavy atom. The van der Waals surface area contributed by atoms with Crippen LogP contribution in [0.5, 0.6) is 0 Å². The number of nitrogens with zero attached hydrogens (tertiary/aromatic N) is 1. The molecule has 0 spiro atoms. The molecule has 0 aliphatic carbocycles. The Labute approximate surface area is 165 Å². The maximum atomic E-state index is 12.0. The Hall–Kier alpha value is -2.61. The number of nitrogens with two attached hydrogens (primary N) is 1. The highest BCUT2D eigenvalue weighted by atomic mass is 16.5. The van der Waals surface area contributed by atoms with Gasteiger partial charge in [-0.2, -0.15) is 0 Å². The normalized spacial score (nSPS) is 22.8. The first-order valence-electron chi connectivity index (χ1n) is 9.76. The number of anilines is 1. The quantitative estimate of drug-likeness (QED) is 0.309. The highest BCUT2D eigenvalue weighted by Crippen LogP contribution is 2.22. The van der Waals surface area contributed by atoms with Crippen molar-refractivity contribution in [3.63, 3.8) is 0 Å². The van der Waals surface area contributed by atoms with Crippen LogP contribution in [0, 0.1) is 11.3 Å². The minimum absolute atomic E-state index is 0.0546. The molecule has 1 amide bonds. The molecule has 2 fully saturated rings. The van der Waals surface area contributed by atoms with Crippen molar-refractivity contribution in [2.75, 3.05) is 31.6 Å².